The highest BCUT2D eigenvalue weighted by molar-refractivity contribution is 7.99. The fraction of sp³-hybridized carbons (Fsp3) is 1.00. The van der Waals surface area contributed by atoms with Gasteiger partial charge in [-0.15, -0.1) is 0 Å². The predicted molar refractivity (Wildman–Crippen MR) is 76.7 cm³/mol. The highest BCUT2D eigenvalue weighted by Crippen LogP contribution is 2.30. The summed E-state index contributed by atoms with van der Waals surface area (Å²) in [5.41, 5.74) is 0. The van der Waals surface area contributed by atoms with Gasteiger partial charge >= 0.3 is 0 Å². The van der Waals surface area contributed by atoms with Crippen LogP contribution in [-0.4, -0.2) is 23.7 Å². The Morgan fingerprint density at radius 3 is 2.65 bits per heavy atom. The van der Waals surface area contributed by atoms with Gasteiger partial charge in [-0.1, -0.05) is 26.2 Å². The molecule has 2 unspecified atom stereocenters. The van der Waals surface area contributed by atoms with E-state index in [0.29, 0.717) is 6.10 Å². The van der Waals surface area contributed by atoms with Crippen molar-refractivity contribution in [2.75, 3.05) is 12.4 Å². The normalized spacial score (nSPS) is 28.4. The molecule has 0 amide bonds. The zero-order valence-corrected chi connectivity index (χ0v) is 12.1. The molecule has 0 spiro atoms. The first-order valence-corrected chi connectivity index (χ1v) is 8.62. The van der Waals surface area contributed by atoms with Gasteiger partial charge in [0.25, 0.3) is 0 Å². The van der Waals surface area contributed by atoms with Crippen LogP contribution in [0.1, 0.15) is 64.7 Å². The first-order valence-electron chi connectivity index (χ1n) is 7.58. The van der Waals surface area contributed by atoms with Crippen LogP contribution in [0.2, 0.25) is 0 Å². The van der Waals surface area contributed by atoms with Gasteiger partial charge in [0.05, 0.1) is 6.10 Å². The third-order valence-corrected chi connectivity index (χ3v) is 5.73. The van der Waals surface area contributed by atoms with Crippen LogP contribution < -0.4 is 0 Å². The van der Waals surface area contributed by atoms with Crippen LogP contribution in [0.15, 0.2) is 0 Å². The molecule has 1 aliphatic heterocycles. The molecule has 2 rings (SSSR count). The molecule has 1 saturated carbocycles. The summed E-state index contributed by atoms with van der Waals surface area (Å²) in [4.78, 5) is 0. The van der Waals surface area contributed by atoms with Gasteiger partial charge in [0.1, 0.15) is 0 Å². The minimum Gasteiger partial charge on any atom is -0.378 e. The van der Waals surface area contributed by atoms with E-state index in [-0.39, 0.29) is 0 Å². The molecule has 0 aromatic heterocycles. The Balaban J connectivity index is 1.52. The third kappa shape index (κ3) is 5.21. The minimum absolute atomic E-state index is 0.590. The Morgan fingerprint density at radius 2 is 1.94 bits per heavy atom. The summed E-state index contributed by atoms with van der Waals surface area (Å²) in [5, 5.41) is 0.834. The van der Waals surface area contributed by atoms with Gasteiger partial charge in [0, 0.05) is 11.9 Å². The van der Waals surface area contributed by atoms with Gasteiger partial charge in [0.15, 0.2) is 0 Å². The van der Waals surface area contributed by atoms with Crippen molar-refractivity contribution in [1.29, 1.82) is 0 Å². The van der Waals surface area contributed by atoms with Crippen LogP contribution >= 0.6 is 11.8 Å². The Labute approximate surface area is 111 Å². The van der Waals surface area contributed by atoms with E-state index in [4.69, 9.17) is 4.74 Å². The van der Waals surface area contributed by atoms with E-state index in [2.05, 4.69) is 18.7 Å². The van der Waals surface area contributed by atoms with Gasteiger partial charge in [-0.05, 0) is 50.2 Å². The maximum absolute atomic E-state index is 5.69. The van der Waals surface area contributed by atoms with Crippen molar-refractivity contribution in [3.63, 3.8) is 0 Å². The van der Waals surface area contributed by atoms with E-state index < -0.39 is 0 Å². The Kier molecular flexibility index (Phi) is 6.21. The molecule has 1 saturated heterocycles. The van der Waals surface area contributed by atoms with Gasteiger partial charge in [-0.3, -0.25) is 0 Å². The van der Waals surface area contributed by atoms with Crippen molar-refractivity contribution in [1.82, 2.24) is 0 Å². The molecule has 1 heterocycles. The first-order chi connectivity index (χ1) is 8.34. The maximum atomic E-state index is 5.69. The minimum atomic E-state index is 0.590. The summed E-state index contributed by atoms with van der Waals surface area (Å²) in [5.74, 6) is 2.44. The van der Waals surface area contributed by atoms with Crippen molar-refractivity contribution < 1.29 is 4.74 Å². The summed E-state index contributed by atoms with van der Waals surface area (Å²) in [7, 11) is 0. The van der Waals surface area contributed by atoms with Gasteiger partial charge in [-0.2, -0.15) is 11.8 Å². The highest BCUT2D eigenvalue weighted by Gasteiger charge is 2.18. The van der Waals surface area contributed by atoms with Crippen molar-refractivity contribution in [2.24, 2.45) is 5.92 Å². The average molecular weight is 256 g/mol. The number of thioether (sulfide) groups is 1. The fourth-order valence-electron chi connectivity index (χ4n) is 3.03. The van der Waals surface area contributed by atoms with Crippen LogP contribution in [0.3, 0.4) is 0 Å². The van der Waals surface area contributed by atoms with Crippen molar-refractivity contribution in [3.8, 4) is 0 Å². The highest BCUT2D eigenvalue weighted by atomic mass is 32.2. The number of rotatable bonds is 6. The lowest BCUT2D eigenvalue weighted by atomic mass is 9.91. The second-order valence-corrected chi connectivity index (χ2v) is 7.33. The molecule has 2 atom stereocenters. The topological polar surface area (TPSA) is 9.23 Å². The predicted octanol–water partition coefficient (Wildman–Crippen LogP) is 4.65. The largest absolute Gasteiger partial charge is 0.378 e. The zero-order chi connectivity index (χ0) is 11.9. The maximum Gasteiger partial charge on any atom is 0.0576 e. The quantitative estimate of drug-likeness (QED) is 0.684. The molecule has 1 nitrogen and oxygen atoms in total. The van der Waals surface area contributed by atoms with E-state index in [1.54, 1.807) is 0 Å². The number of hydrogen-bond donors (Lipinski definition) is 0. The fourth-order valence-corrected chi connectivity index (χ4v) is 4.27. The Hall–Kier alpha value is 0.310. The van der Waals surface area contributed by atoms with E-state index >= 15 is 0 Å². The number of hydrogen-bond acceptors (Lipinski definition) is 2. The smallest absolute Gasteiger partial charge is 0.0576 e. The molecule has 2 aliphatic rings. The Bertz CT molecular complexity index is 195. The molecule has 0 bridgehead atoms. The lowest BCUT2D eigenvalue weighted by Crippen LogP contribution is -2.12. The van der Waals surface area contributed by atoms with Gasteiger partial charge in [0.2, 0.25) is 0 Å². The van der Waals surface area contributed by atoms with Crippen LogP contribution in [-0.2, 0) is 4.74 Å². The molecular formula is C15H28OS. The SMILES string of the molecule is CC(CCC1CCCO1)SCC1CCCCC1. The first kappa shape index (κ1) is 13.7. The monoisotopic (exact) mass is 256 g/mol. The lowest BCUT2D eigenvalue weighted by molar-refractivity contribution is 0.103. The molecule has 100 valence electrons. The molecule has 0 radical (unpaired) electrons. The second-order valence-electron chi connectivity index (χ2n) is 5.86. The van der Waals surface area contributed by atoms with Gasteiger partial charge in [-0.25, -0.2) is 0 Å². The molecule has 2 fully saturated rings. The molecule has 0 aromatic rings. The average Bonchev–Trinajstić information content (AvgIpc) is 2.88. The van der Waals surface area contributed by atoms with Crippen LogP contribution in [0.25, 0.3) is 0 Å². The summed E-state index contributed by atoms with van der Waals surface area (Å²) < 4.78 is 5.69. The third-order valence-electron chi connectivity index (χ3n) is 4.26. The molecule has 0 N–H and O–H groups in total. The van der Waals surface area contributed by atoms with Crippen LogP contribution in [0.5, 0.6) is 0 Å². The summed E-state index contributed by atoms with van der Waals surface area (Å²) in [6.07, 6.45) is 13.3. The van der Waals surface area contributed by atoms with Crippen molar-refractivity contribution in [3.05, 3.63) is 0 Å². The molecule has 0 aromatic carbocycles. The van der Waals surface area contributed by atoms with E-state index in [0.717, 1.165) is 17.8 Å². The zero-order valence-electron chi connectivity index (χ0n) is 11.3. The van der Waals surface area contributed by atoms with Crippen LogP contribution in [0, 0.1) is 5.92 Å². The molecular weight excluding hydrogens is 228 g/mol. The summed E-state index contributed by atoms with van der Waals surface area (Å²) >= 11 is 2.21. The van der Waals surface area contributed by atoms with Gasteiger partial charge < -0.3 is 4.74 Å². The second kappa shape index (κ2) is 7.68. The van der Waals surface area contributed by atoms with E-state index in [9.17, 15) is 0 Å². The standard InChI is InChI=1S/C15H28OS/c1-13(9-10-15-8-5-11-16-15)17-12-14-6-3-2-4-7-14/h13-15H,2-12H2,1H3. The number of ether oxygens (including phenoxy) is 1. The van der Waals surface area contributed by atoms with E-state index in [1.165, 1.54) is 63.5 Å². The summed E-state index contributed by atoms with van der Waals surface area (Å²) in [6, 6.07) is 0. The van der Waals surface area contributed by atoms with Crippen LogP contribution in [0.4, 0.5) is 0 Å². The molecule has 1 aliphatic carbocycles. The Morgan fingerprint density at radius 1 is 1.12 bits per heavy atom. The lowest BCUT2D eigenvalue weighted by Gasteiger charge is -2.23. The molecule has 2 heteroatoms. The van der Waals surface area contributed by atoms with Crippen molar-refractivity contribution in [2.45, 2.75) is 76.1 Å². The summed E-state index contributed by atoms with van der Waals surface area (Å²) in [6.45, 7) is 3.41. The van der Waals surface area contributed by atoms with E-state index in [1.807, 2.05) is 0 Å². The van der Waals surface area contributed by atoms with Crippen molar-refractivity contribution >= 4 is 11.8 Å². The molecule has 17 heavy (non-hydrogen) atoms.